The highest BCUT2D eigenvalue weighted by Gasteiger charge is 2.42. The van der Waals surface area contributed by atoms with Crippen LogP contribution in [-0.2, 0) is 18.3 Å². The fourth-order valence-corrected chi connectivity index (χ4v) is 6.00. The van der Waals surface area contributed by atoms with Gasteiger partial charge in [0, 0.05) is 42.0 Å². The Hall–Kier alpha value is -2.95. The van der Waals surface area contributed by atoms with Crippen LogP contribution in [0.25, 0.3) is 0 Å². The van der Waals surface area contributed by atoms with E-state index in [0.29, 0.717) is 5.92 Å². The Labute approximate surface area is 188 Å². The van der Waals surface area contributed by atoms with E-state index in [1.165, 1.54) is 46.4 Å². The van der Waals surface area contributed by atoms with E-state index in [4.69, 9.17) is 4.98 Å². The minimum Gasteiger partial charge on any atom is -0.384 e. The van der Waals surface area contributed by atoms with Crippen LogP contribution < -0.4 is 10.2 Å². The molecule has 3 heterocycles. The van der Waals surface area contributed by atoms with Gasteiger partial charge in [-0.2, -0.15) is 0 Å². The Bertz CT molecular complexity index is 1170. The number of benzene rings is 2. The SMILES string of the molecule is CC1CCc2ncnc(N3CCC4(CC3)CNc3ccc(Cc5cccc(F)c5)cc34)c21. The molecule has 1 atom stereocenters. The van der Waals surface area contributed by atoms with Gasteiger partial charge in [-0.1, -0.05) is 31.2 Å². The van der Waals surface area contributed by atoms with Crippen LogP contribution in [0.5, 0.6) is 0 Å². The highest BCUT2D eigenvalue weighted by atomic mass is 19.1. The summed E-state index contributed by atoms with van der Waals surface area (Å²) in [5, 5.41) is 3.66. The van der Waals surface area contributed by atoms with Gasteiger partial charge >= 0.3 is 0 Å². The van der Waals surface area contributed by atoms with E-state index in [9.17, 15) is 4.39 Å². The summed E-state index contributed by atoms with van der Waals surface area (Å²) in [7, 11) is 0. The summed E-state index contributed by atoms with van der Waals surface area (Å²) in [6.45, 7) is 5.34. The molecule has 164 valence electrons. The molecule has 32 heavy (non-hydrogen) atoms. The minimum atomic E-state index is -0.167. The van der Waals surface area contributed by atoms with Crippen molar-refractivity contribution in [2.75, 3.05) is 29.9 Å². The second kappa shape index (κ2) is 7.58. The largest absolute Gasteiger partial charge is 0.384 e. The zero-order valence-corrected chi connectivity index (χ0v) is 18.6. The van der Waals surface area contributed by atoms with Crippen LogP contribution in [0.15, 0.2) is 48.8 Å². The number of piperidine rings is 1. The first-order chi connectivity index (χ1) is 15.6. The quantitative estimate of drug-likeness (QED) is 0.621. The average Bonchev–Trinajstić information content (AvgIpc) is 3.35. The van der Waals surface area contributed by atoms with Crippen molar-refractivity contribution < 1.29 is 4.39 Å². The Morgan fingerprint density at radius 1 is 1.09 bits per heavy atom. The zero-order valence-electron chi connectivity index (χ0n) is 18.6. The van der Waals surface area contributed by atoms with Crippen LogP contribution in [0, 0.1) is 5.82 Å². The number of hydrogen-bond donors (Lipinski definition) is 1. The molecule has 5 heteroatoms. The summed E-state index contributed by atoms with van der Waals surface area (Å²) in [6, 6.07) is 13.7. The average molecular weight is 429 g/mol. The number of nitrogens with zero attached hydrogens (tertiary/aromatic N) is 3. The van der Waals surface area contributed by atoms with Gasteiger partial charge in [0.05, 0.1) is 0 Å². The molecule has 1 unspecified atom stereocenters. The maximum Gasteiger partial charge on any atom is 0.135 e. The number of fused-ring (bicyclic) bond motifs is 3. The van der Waals surface area contributed by atoms with E-state index in [0.717, 1.165) is 50.9 Å². The zero-order chi connectivity index (χ0) is 21.7. The number of aromatic nitrogens is 2. The summed E-state index contributed by atoms with van der Waals surface area (Å²) in [5.41, 5.74) is 7.77. The third-order valence-corrected chi connectivity index (χ3v) is 7.84. The van der Waals surface area contributed by atoms with Gasteiger partial charge in [-0.05, 0) is 72.9 Å². The van der Waals surface area contributed by atoms with Gasteiger partial charge in [0.25, 0.3) is 0 Å². The summed E-state index contributed by atoms with van der Waals surface area (Å²) in [4.78, 5) is 11.8. The van der Waals surface area contributed by atoms with Crippen LogP contribution in [0.3, 0.4) is 0 Å². The lowest BCUT2D eigenvalue weighted by Crippen LogP contribution is -2.44. The standard InChI is InChI=1S/C27H29FN4/c1-18-5-7-24-25(18)26(31-17-30-24)32-11-9-27(10-12-32)16-29-23-8-6-20(15-22(23)27)13-19-3-2-4-21(28)14-19/h2-4,6,8,14-15,17-18,29H,5,7,9-13,16H2,1H3. The lowest BCUT2D eigenvalue weighted by molar-refractivity contribution is 0.360. The molecule has 1 N–H and O–H groups in total. The summed E-state index contributed by atoms with van der Waals surface area (Å²) in [6.07, 6.45) is 7.01. The fraction of sp³-hybridized carbons (Fsp3) is 0.407. The predicted octanol–water partition coefficient (Wildman–Crippen LogP) is 5.22. The van der Waals surface area contributed by atoms with Gasteiger partial charge < -0.3 is 10.2 Å². The second-order valence-corrected chi connectivity index (χ2v) is 9.80. The van der Waals surface area contributed by atoms with Crippen LogP contribution >= 0.6 is 0 Å². The van der Waals surface area contributed by atoms with E-state index in [1.807, 2.05) is 6.07 Å². The molecule has 2 aromatic carbocycles. The molecule has 6 rings (SSSR count). The molecule has 0 amide bonds. The molecule has 0 radical (unpaired) electrons. The van der Waals surface area contributed by atoms with E-state index >= 15 is 0 Å². The monoisotopic (exact) mass is 428 g/mol. The Balaban J connectivity index is 1.24. The third kappa shape index (κ3) is 3.26. The summed E-state index contributed by atoms with van der Waals surface area (Å²) >= 11 is 0. The first kappa shape index (κ1) is 19.7. The van der Waals surface area contributed by atoms with Gasteiger partial charge in [-0.15, -0.1) is 0 Å². The topological polar surface area (TPSA) is 41.1 Å². The maximum atomic E-state index is 13.6. The molecule has 0 saturated carbocycles. The van der Waals surface area contributed by atoms with E-state index < -0.39 is 0 Å². The van der Waals surface area contributed by atoms with Gasteiger partial charge in [-0.25, -0.2) is 14.4 Å². The van der Waals surface area contributed by atoms with Crippen LogP contribution in [0.2, 0.25) is 0 Å². The highest BCUT2D eigenvalue weighted by molar-refractivity contribution is 5.63. The molecule has 1 aromatic heterocycles. The van der Waals surface area contributed by atoms with Crippen molar-refractivity contribution in [2.24, 2.45) is 0 Å². The minimum absolute atomic E-state index is 0.167. The molecule has 4 nitrogen and oxygen atoms in total. The van der Waals surface area contributed by atoms with Gasteiger partial charge in [0.1, 0.15) is 18.0 Å². The first-order valence-corrected chi connectivity index (χ1v) is 11.8. The number of nitrogens with one attached hydrogen (secondary N) is 1. The third-order valence-electron chi connectivity index (χ3n) is 7.84. The van der Waals surface area contributed by atoms with Gasteiger partial charge in [0.15, 0.2) is 0 Å². The fourth-order valence-electron chi connectivity index (χ4n) is 6.00. The summed E-state index contributed by atoms with van der Waals surface area (Å²) < 4.78 is 13.6. The Morgan fingerprint density at radius 2 is 1.94 bits per heavy atom. The molecular formula is C27H29FN4. The van der Waals surface area contributed by atoms with E-state index in [-0.39, 0.29) is 11.2 Å². The van der Waals surface area contributed by atoms with Gasteiger partial charge in [-0.3, -0.25) is 0 Å². The lowest BCUT2D eigenvalue weighted by atomic mass is 9.73. The molecule has 1 saturated heterocycles. The Kier molecular flexibility index (Phi) is 4.67. The van der Waals surface area contributed by atoms with Crippen LogP contribution in [0.1, 0.15) is 60.1 Å². The van der Waals surface area contributed by atoms with Crippen molar-refractivity contribution in [2.45, 2.75) is 50.4 Å². The predicted molar refractivity (Wildman–Crippen MR) is 126 cm³/mol. The molecule has 3 aliphatic rings. The van der Waals surface area contributed by atoms with Crippen molar-refractivity contribution >= 4 is 11.5 Å². The van der Waals surface area contributed by atoms with Gasteiger partial charge in [0.2, 0.25) is 0 Å². The summed E-state index contributed by atoms with van der Waals surface area (Å²) in [5.74, 6) is 1.55. The molecule has 1 aliphatic carbocycles. The molecule has 3 aromatic rings. The smallest absolute Gasteiger partial charge is 0.135 e. The molecule has 2 aliphatic heterocycles. The first-order valence-electron chi connectivity index (χ1n) is 11.8. The number of rotatable bonds is 3. The number of hydrogen-bond acceptors (Lipinski definition) is 4. The lowest BCUT2D eigenvalue weighted by Gasteiger charge is -2.40. The molecule has 1 spiro atoms. The normalized spacial score (nSPS) is 20.8. The van der Waals surface area contributed by atoms with E-state index in [1.54, 1.807) is 18.5 Å². The molecular weight excluding hydrogens is 399 g/mol. The van der Waals surface area contributed by atoms with Crippen molar-refractivity contribution in [3.8, 4) is 0 Å². The van der Waals surface area contributed by atoms with Crippen LogP contribution in [-0.4, -0.2) is 29.6 Å². The van der Waals surface area contributed by atoms with Crippen molar-refractivity contribution in [1.29, 1.82) is 0 Å². The highest BCUT2D eigenvalue weighted by Crippen LogP contribution is 2.46. The maximum absolute atomic E-state index is 13.6. The Morgan fingerprint density at radius 3 is 2.78 bits per heavy atom. The number of anilines is 2. The molecule has 0 bridgehead atoms. The van der Waals surface area contributed by atoms with Crippen molar-refractivity contribution in [3.63, 3.8) is 0 Å². The van der Waals surface area contributed by atoms with Crippen molar-refractivity contribution in [1.82, 2.24) is 9.97 Å². The van der Waals surface area contributed by atoms with E-state index in [2.05, 4.69) is 40.3 Å². The molecule has 1 fully saturated rings. The number of aryl methyl sites for hydroxylation is 1. The van der Waals surface area contributed by atoms with Crippen molar-refractivity contribution in [3.05, 3.63) is 82.6 Å². The second-order valence-electron chi connectivity index (χ2n) is 9.80. The van der Waals surface area contributed by atoms with Crippen LogP contribution in [0.4, 0.5) is 15.9 Å². The number of halogens is 1.